The summed E-state index contributed by atoms with van der Waals surface area (Å²) < 4.78 is 5.55. The lowest BCUT2D eigenvalue weighted by Crippen LogP contribution is -1.96. The Bertz CT molecular complexity index is 644. The van der Waals surface area contributed by atoms with Gasteiger partial charge in [0.2, 0.25) is 5.88 Å². The minimum atomic E-state index is -0.460. The fourth-order valence-corrected chi connectivity index (χ4v) is 1.67. The van der Waals surface area contributed by atoms with Crippen LogP contribution in [0.25, 0.3) is 0 Å². The molecule has 7 heteroatoms. The average Bonchev–Trinajstić information content (AvgIpc) is 2.43. The monoisotopic (exact) mass is 291 g/mol. The smallest absolute Gasteiger partial charge is 0.269 e. The third-order valence-electron chi connectivity index (χ3n) is 2.44. The van der Waals surface area contributed by atoms with Crippen molar-refractivity contribution in [2.45, 2.75) is 6.42 Å². The molecule has 0 atom stereocenters. The van der Waals surface area contributed by atoms with Crippen LogP contribution >= 0.6 is 11.6 Å². The molecule has 1 aromatic carbocycles. The molecule has 0 saturated carbocycles. The van der Waals surface area contributed by atoms with E-state index >= 15 is 0 Å². The van der Waals surface area contributed by atoms with E-state index in [2.05, 4.69) is 16.8 Å². The van der Waals surface area contributed by atoms with Crippen molar-refractivity contribution in [1.29, 1.82) is 0 Å². The van der Waals surface area contributed by atoms with Gasteiger partial charge in [0.25, 0.3) is 5.69 Å². The molecule has 0 N–H and O–H groups in total. The third kappa shape index (κ3) is 3.30. The summed E-state index contributed by atoms with van der Waals surface area (Å²) in [7, 11) is 0. The molecule has 1 aromatic heterocycles. The van der Waals surface area contributed by atoms with Crippen molar-refractivity contribution in [3.8, 4) is 11.6 Å². The summed E-state index contributed by atoms with van der Waals surface area (Å²) in [6.45, 7) is 3.62. The summed E-state index contributed by atoms with van der Waals surface area (Å²) >= 11 is 5.63. The third-order valence-corrected chi connectivity index (χ3v) is 2.64. The van der Waals surface area contributed by atoms with Crippen LogP contribution in [0.5, 0.6) is 11.6 Å². The van der Waals surface area contributed by atoms with E-state index < -0.39 is 4.92 Å². The second kappa shape index (κ2) is 6.12. The van der Waals surface area contributed by atoms with Gasteiger partial charge in [-0.2, -0.15) is 0 Å². The maximum absolute atomic E-state index is 10.8. The lowest BCUT2D eigenvalue weighted by molar-refractivity contribution is -0.384. The van der Waals surface area contributed by atoms with Crippen molar-refractivity contribution >= 4 is 17.3 Å². The van der Waals surface area contributed by atoms with Crippen LogP contribution in [0.3, 0.4) is 0 Å². The molecule has 0 bridgehead atoms. The Hall–Kier alpha value is -2.47. The zero-order valence-corrected chi connectivity index (χ0v) is 11.1. The van der Waals surface area contributed by atoms with Crippen molar-refractivity contribution < 1.29 is 9.66 Å². The minimum Gasteiger partial charge on any atom is -0.437 e. The van der Waals surface area contributed by atoms with E-state index in [1.54, 1.807) is 18.2 Å². The van der Waals surface area contributed by atoms with Crippen LogP contribution < -0.4 is 4.74 Å². The Morgan fingerprint density at radius 1 is 1.35 bits per heavy atom. The maximum Gasteiger partial charge on any atom is 0.269 e. The van der Waals surface area contributed by atoms with Crippen LogP contribution in [-0.4, -0.2) is 15.1 Å². The summed E-state index contributed by atoms with van der Waals surface area (Å²) in [6, 6.07) is 7.44. The Balaban J connectivity index is 2.32. The van der Waals surface area contributed by atoms with Crippen LogP contribution in [0.2, 0.25) is 5.15 Å². The van der Waals surface area contributed by atoms with E-state index in [9.17, 15) is 10.1 Å². The molecule has 0 aliphatic rings. The quantitative estimate of drug-likeness (QED) is 0.478. The molecule has 0 saturated heterocycles. The minimum absolute atomic E-state index is 0.00334. The van der Waals surface area contributed by atoms with Crippen LogP contribution in [0.15, 0.2) is 43.0 Å². The highest BCUT2D eigenvalue weighted by molar-refractivity contribution is 6.29. The zero-order chi connectivity index (χ0) is 14.5. The molecule has 0 aliphatic heterocycles. The number of non-ortho nitro benzene ring substituents is 1. The summed E-state index contributed by atoms with van der Waals surface area (Å²) in [4.78, 5) is 10.3. The van der Waals surface area contributed by atoms with Crippen LogP contribution in [-0.2, 0) is 6.42 Å². The number of aromatic nitrogens is 2. The van der Waals surface area contributed by atoms with E-state index in [1.807, 2.05) is 0 Å². The molecule has 0 amide bonds. The van der Waals surface area contributed by atoms with Crippen LogP contribution in [0.1, 0.15) is 5.56 Å². The highest BCUT2D eigenvalue weighted by atomic mass is 35.5. The summed E-state index contributed by atoms with van der Waals surface area (Å²) in [5.41, 5.74) is 0.641. The molecule has 102 valence electrons. The summed E-state index contributed by atoms with van der Waals surface area (Å²) in [6.07, 6.45) is 2.08. The normalized spacial score (nSPS) is 10.1. The van der Waals surface area contributed by atoms with E-state index in [-0.39, 0.29) is 16.7 Å². The highest BCUT2D eigenvalue weighted by Crippen LogP contribution is 2.28. The molecular formula is C13H10ClN3O3. The number of benzene rings is 1. The second-order valence-corrected chi connectivity index (χ2v) is 4.23. The van der Waals surface area contributed by atoms with Gasteiger partial charge < -0.3 is 4.74 Å². The Kier molecular flexibility index (Phi) is 4.27. The number of nitro groups is 1. The Morgan fingerprint density at radius 3 is 2.75 bits per heavy atom. The van der Waals surface area contributed by atoms with Crippen molar-refractivity contribution in [1.82, 2.24) is 10.2 Å². The van der Waals surface area contributed by atoms with Gasteiger partial charge in [-0.1, -0.05) is 17.7 Å². The molecule has 2 rings (SSSR count). The van der Waals surface area contributed by atoms with Gasteiger partial charge in [-0.25, -0.2) is 0 Å². The van der Waals surface area contributed by atoms with Crippen LogP contribution in [0.4, 0.5) is 5.69 Å². The number of allylic oxidation sites excluding steroid dienone is 1. The topological polar surface area (TPSA) is 78.2 Å². The van der Waals surface area contributed by atoms with Gasteiger partial charge in [-0.3, -0.25) is 10.1 Å². The first-order valence-corrected chi connectivity index (χ1v) is 6.03. The second-order valence-electron chi connectivity index (χ2n) is 3.84. The molecule has 1 heterocycles. The van der Waals surface area contributed by atoms with Gasteiger partial charge in [-0.15, -0.1) is 16.8 Å². The van der Waals surface area contributed by atoms with Crippen molar-refractivity contribution in [3.63, 3.8) is 0 Å². The van der Waals surface area contributed by atoms with Gasteiger partial charge >= 0.3 is 0 Å². The first-order valence-electron chi connectivity index (χ1n) is 5.65. The first kappa shape index (κ1) is 14.0. The van der Waals surface area contributed by atoms with Gasteiger partial charge in [0, 0.05) is 23.8 Å². The zero-order valence-electron chi connectivity index (χ0n) is 10.3. The number of hydrogen-bond donors (Lipinski definition) is 0. The molecule has 20 heavy (non-hydrogen) atoms. The van der Waals surface area contributed by atoms with Crippen molar-refractivity contribution in [2.75, 3.05) is 0 Å². The van der Waals surface area contributed by atoms with Crippen molar-refractivity contribution in [3.05, 3.63) is 63.8 Å². The van der Waals surface area contributed by atoms with Gasteiger partial charge in [0.05, 0.1) is 4.92 Å². The summed E-state index contributed by atoms with van der Waals surface area (Å²) in [5, 5.41) is 18.5. The largest absolute Gasteiger partial charge is 0.437 e. The molecule has 0 aliphatic carbocycles. The molecule has 0 unspecified atom stereocenters. The molecule has 2 aromatic rings. The number of nitrogens with zero attached hydrogens (tertiary/aromatic N) is 3. The SMILES string of the molecule is C=CCc1cc([N+](=O)[O-])ccc1Oc1ccc(Cl)nn1. The van der Waals surface area contributed by atoms with E-state index in [1.165, 1.54) is 18.2 Å². The molecule has 0 spiro atoms. The first-order chi connectivity index (χ1) is 9.60. The fourth-order valence-electron chi connectivity index (χ4n) is 1.56. The number of hydrogen-bond acceptors (Lipinski definition) is 5. The predicted molar refractivity (Wildman–Crippen MR) is 74.1 cm³/mol. The van der Waals surface area contributed by atoms with Crippen LogP contribution in [0, 0.1) is 10.1 Å². The van der Waals surface area contributed by atoms with Gasteiger partial charge in [-0.05, 0) is 18.6 Å². The molecular weight excluding hydrogens is 282 g/mol. The van der Waals surface area contributed by atoms with Gasteiger partial charge in [0.15, 0.2) is 5.15 Å². The van der Waals surface area contributed by atoms with E-state index in [4.69, 9.17) is 16.3 Å². The summed E-state index contributed by atoms with van der Waals surface area (Å²) in [5.74, 6) is 0.723. The van der Waals surface area contributed by atoms with Crippen molar-refractivity contribution in [2.24, 2.45) is 0 Å². The van der Waals surface area contributed by atoms with E-state index in [0.717, 1.165) is 0 Å². The lowest BCUT2D eigenvalue weighted by Gasteiger charge is -2.08. The highest BCUT2D eigenvalue weighted by Gasteiger charge is 2.12. The maximum atomic E-state index is 10.8. The fraction of sp³-hybridized carbons (Fsp3) is 0.0769. The lowest BCUT2D eigenvalue weighted by atomic mass is 10.1. The Morgan fingerprint density at radius 2 is 2.15 bits per heavy atom. The standard InChI is InChI=1S/C13H10ClN3O3/c1-2-3-9-8-10(17(18)19)4-5-11(9)20-13-7-6-12(14)15-16-13/h2,4-8H,1,3H2. The van der Waals surface area contributed by atoms with Gasteiger partial charge in [0.1, 0.15) is 5.75 Å². The number of nitro benzene ring substituents is 1. The molecule has 0 fully saturated rings. The average molecular weight is 292 g/mol. The molecule has 0 radical (unpaired) electrons. The Labute approximate surface area is 119 Å². The number of halogens is 1. The number of rotatable bonds is 5. The number of ether oxygens (including phenoxy) is 1. The van der Waals surface area contributed by atoms with E-state index in [0.29, 0.717) is 17.7 Å². The predicted octanol–water partition coefficient (Wildman–Crippen LogP) is 3.56. The molecule has 6 nitrogen and oxygen atoms in total.